The topological polar surface area (TPSA) is 146 Å². The van der Waals surface area contributed by atoms with E-state index >= 15 is 0 Å². The number of thioether (sulfide) groups is 1. The quantitative estimate of drug-likeness (QED) is 0.276. The van der Waals surface area contributed by atoms with E-state index in [1.54, 1.807) is 11.8 Å². The number of amides is 3. The Hall–Kier alpha value is -1.56. The maximum absolute atomic E-state index is 11.3. The van der Waals surface area contributed by atoms with Crippen LogP contribution in [0.1, 0.15) is 26.2 Å². The molecule has 0 aromatic rings. The Morgan fingerprint density at radius 3 is 2.91 bits per heavy atom. The van der Waals surface area contributed by atoms with Crippen molar-refractivity contribution in [1.82, 2.24) is 21.2 Å². The first-order valence-electron chi connectivity index (χ1n) is 7.27. The van der Waals surface area contributed by atoms with E-state index in [2.05, 4.69) is 21.0 Å². The molecular formula is C12H21N5O5S. The van der Waals surface area contributed by atoms with Gasteiger partial charge in [0.1, 0.15) is 6.04 Å². The van der Waals surface area contributed by atoms with Crippen molar-refractivity contribution in [1.29, 1.82) is 0 Å². The van der Waals surface area contributed by atoms with Gasteiger partial charge < -0.3 is 15.7 Å². The van der Waals surface area contributed by atoms with Crippen LogP contribution in [0.2, 0.25) is 0 Å². The number of carbonyl (C=O) groups excluding carboxylic acids is 2. The van der Waals surface area contributed by atoms with Crippen LogP contribution in [0.15, 0.2) is 0 Å². The number of fused-ring (bicyclic) bond motifs is 1. The minimum atomic E-state index is -1.10. The van der Waals surface area contributed by atoms with Gasteiger partial charge in [-0.3, -0.25) is 9.59 Å². The molecule has 0 spiro atoms. The number of urea groups is 1. The van der Waals surface area contributed by atoms with Crippen molar-refractivity contribution in [3.63, 3.8) is 0 Å². The van der Waals surface area contributed by atoms with Crippen molar-refractivity contribution in [2.24, 2.45) is 5.90 Å². The van der Waals surface area contributed by atoms with Gasteiger partial charge in [-0.05, 0) is 12.8 Å². The zero-order valence-corrected chi connectivity index (χ0v) is 13.5. The van der Waals surface area contributed by atoms with Crippen LogP contribution in [-0.4, -0.2) is 57.3 Å². The highest BCUT2D eigenvalue weighted by molar-refractivity contribution is 8.00. The van der Waals surface area contributed by atoms with Crippen LogP contribution in [0.5, 0.6) is 0 Å². The molecule has 130 valence electrons. The van der Waals surface area contributed by atoms with Gasteiger partial charge in [-0.2, -0.15) is 28.0 Å². The predicted molar refractivity (Wildman–Crippen MR) is 81.7 cm³/mol. The number of rotatable bonds is 8. The Morgan fingerprint density at radius 1 is 1.57 bits per heavy atom. The van der Waals surface area contributed by atoms with E-state index in [4.69, 9.17) is 5.90 Å². The molecule has 2 heterocycles. The highest BCUT2D eigenvalue weighted by atomic mass is 32.2. The van der Waals surface area contributed by atoms with Crippen LogP contribution in [-0.2, 0) is 14.5 Å². The summed E-state index contributed by atoms with van der Waals surface area (Å²) in [7, 11) is 0. The molecule has 2 saturated heterocycles. The van der Waals surface area contributed by atoms with Crippen molar-refractivity contribution < 1.29 is 24.4 Å². The fraction of sp³-hybridized carbons (Fsp3) is 0.750. The van der Waals surface area contributed by atoms with Gasteiger partial charge in [0.25, 0.3) is 5.91 Å². The van der Waals surface area contributed by atoms with E-state index < -0.39 is 17.9 Å². The number of nitrogens with two attached hydrogens (primary N) is 1. The normalized spacial score (nSPS) is 27.0. The highest BCUT2D eigenvalue weighted by Gasteiger charge is 2.42. The summed E-state index contributed by atoms with van der Waals surface area (Å²) in [5.74, 6) is 4.13. The molecule has 0 aromatic carbocycles. The minimum absolute atomic E-state index is 0.0878. The van der Waals surface area contributed by atoms with Crippen LogP contribution < -0.4 is 22.0 Å². The lowest BCUT2D eigenvalue weighted by Gasteiger charge is -2.23. The number of hydrogen-bond acceptors (Lipinski definition) is 7. The van der Waals surface area contributed by atoms with Crippen molar-refractivity contribution >= 4 is 29.7 Å². The molecule has 0 radical (unpaired) electrons. The number of carbonyl (C=O) groups is 3. The summed E-state index contributed by atoms with van der Waals surface area (Å²) in [5.41, 5.74) is 2.43. The zero-order chi connectivity index (χ0) is 17.0. The molecule has 0 saturated carbocycles. The van der Waals surface area contributed by atoms with Gasteiger partial charge in [0.15, 0.2) is 0 Å². The van der Waals surface area contributed by atoms with Crippen LogP contribution in [0.4, 0.5) is 4.79 Å². The molecule has 0 aliphatic carbocycles. The molecule has 2 fully saturated rings. The number of carboxylic acid groups (broad SMARTS) is 1. The molecule has 2 aliphatic heterocycles. The third-order valence-corrected chi connectivity index (χ3v) is 5.39. The van der Waals surface area contributed by atoms with Crippen molar-refractivity contribution in [3.05, 3.63) is 0 Å². The zero-order valence-electron chi connectivity index (χ0n) is 12.7. The minimum Gasteiger partial charge on any atom is -0.480 e. The van der Waals surface area contributed by atoms with Gasteiger partial charge >= 0.3 is 12.0 Å². The molecule has 4 atom stereocenters. The van der Waals surface area contributed by atoms with Gasteiger partial charge in [-0.1, -0.05) is 6.42 Å². The number of nitrogens with zero attached hydrogens (tertiary/aromatic N) is 1. The predicted octanol–water partition coefficient (Wildman–Crippen LogP) is -1.07. The molecular weight excluding hydrogens is 326 g/mol. The third-order valence-electron chi connectivity index (χ3n) is 3.88. The number of hydrazine groups is 1. The van der Waals surface area contributed by atoms with Gasteiger partial charge in [-0.15, -0.1) is 5.17 Å². The van der Waals surface area contributed by atoms with Crippen molar-refractivity contribution in [3.8, 4) is 0 Å². The van der Waals surface area contributed by atoms with Crippen molar-refractivity contribution in [2.45, 2.75) is 49.6 Å². The van der Waals surface area contributed by atoms with E-state index in [0.29, 0.717) is 18.0 Å². The summed E-state index contributed by atoms with van der Waals surface area (Å²) in [6.07, 6.45) is 1.69. The van der Waals surface area contributed by atoms with E-state index in [0.717, 1.165) is 12.2 Å². The largest absolute Gasteiger partial charge is 0.480 e. The first-order valence-corrected chi connectivity index (χ1v) is 8.32. The Kier molecular flexibility index (Phi) is 6.04. The van der Waals surface area contributed by atoms with E-state index in [9.17, 15) is 19.5 Å². The molecule has 23 heavy (non-hydrogen) atoms. The van der Waals surface area contributed by atoms with Crippen LogP contribution >= 0.6 is 11.8 Å². The molecule has 6 N–H and O–H groups in total. The lowest BCUT2D eigenvalue weighted by Crippen LogP contribution is -2.51. The number of nitrogens with one attached hydrogen (secondary N) is 3. The lowest BCUT2D eigenvalue weighted by molar-refractivity contribution is -0.212. The second-order valence-corrected chi connectivity index (χ2v) is 6.76. The molecule has 2 aliphatic rings. The summed E-state index contributed by atoms with van der Waals surface area (Å²) in [4.78, 5) is 38.0. The van der Waals surface area contributed by atoms with E-state index in [-0.39, 0.29) is 23.4 Å². The molecule has 11 heteroatoms. The summed E-state index contributed by atoms with van der Waals surface area (Å²) < 4.78 is 0. The molecule has 10 nitrogen and oxygen atoms in total. The first kappa shape index (κ1) is 17.8. The van der Waals surface area contributed by atoms with E-state index in [1.165, 1.54) is 6.92 Å². The maximum Gasteiger partial charge on any atom is 0.322 e. The second kappa shape index (κ2) is 7.81. The standard InChI is InChI=1S/C12H21N5O5S/c1-6(18)17(22-13)16-7(11(19)20)3-2-4-9-10-8(5-23-9)14-12(21)15-10/h7-10,16H,2-5,13H2,1H3,(H,19,20)(H2,14,15,21)/t7?,8-,9-,10-/m0/s1. The number of aliphatic carboxylic acids is 1. The lowest BCUT2D eigenvalue weighted by atomic mass is 10.0. The summed E-state index contributed by atoms with van der Waals surface area (Å²) >= 11 is 1.77. The van der Waals surface area contributed by atoms with Crippen LogP contribution in [0, 0.1) is 0 Å². The van der Waals surface area contributed by atoms with Gasteiger partial charge in [0, 0.05) is 17.9 Å². The monoisotopic (exact) mass is 347 g/mol. The SMILES string of the molecule is CC(=O)N(NC(CCC[C@@H]1SC[C@@H]2NC(=O)N[C@@H]21)C(=O)O)ON. The van der Waals surface area contributed by atoms with Crippen LogP contribution in [0.25, 0.3) is 0 Å². The fourth-order valence-corrected chi connectivity index (χ4v) is 4.29. The highest BCUT2D eigenvalue weighted by Crippen LogP contribution is 2.33. The first-order chi connectivity index (χ1) is 10.9. The number of carboxylic acids is 1. The van der Waals surface area contributed by atoms with Gasteiger partial charge in [0.05, 0.1) is 12.1 Å². The third kappa shape index (κ3) is 4.47. The van der Waals surface area contributed by atoms with Gasteiger partial charge in [-0.25, -0.2) is 4.79 Å². The Labute approximate surface area is 137 Å². The second-order valence-electron chi connectivity index (χ2n) is 5.49. The molecule has 0 bridgehead atoms. The van der Waals surface area contributed by atoms with Crippen molar-refractivity contribution in [2.75, 3.05) is 5.75 Å². The summed E-state index contributed by atoms with van der Waals surface area (Å²) in [6, 6.07) is -0.900. The number of hydroxylamine groups is 1. The van der Waals surface area contributed by atoms with Crippen LogP contribution in [0.3, 0.4) is 0 Å². The van der Waals surface area contributed by atoms with Gasteiger partial charge in [0.2, 0.25) is 0 Å². The average Bonchev–Trinajstić information content (AvgIpc) is 3.01. The Morgan fingerprint density at radius 2 is 2.30 bits per heavy atom. The number of hydrogen-bond donors (Lipinski definition) is 5. The molecule has 2 rings (SSSR count). The maximum atomic E-state index is 11.3. The average molecular weight is 347 g/mol. The Balaban J connectivity index is 1.79. The molecule has 1 unspecified atom stereocenters. The summed E-state index contributed by atoms with van der Waals surface area (Å²) in [5, 5.41) is 15.8. The molecule has 0 aromatic heterocycles. The Bertz CT molecular complexity index is 479. The molecule has 3 amide bonds. The fourth-order valence-electron chi connectivity index (χ4n) is 2.75. The summed E-state index contributed by atoms with van der Waals surface area (Å²) in [6.45, 7) is 1.20. The smallest absolute Gasteiger partial charge is 0.322 e. The van der Waals surface area contributed by atoms with E-state index in [1.807, 2.05) is 0 Å².